The number of nitrogens with two attached hydrogens (primary N) is 1. The zero-order valence-electron chi connectivity index (χ0n) is 6.96. The van der Waals surface area contributed by atoms with Crippen LogP contribution in [0.1, 0.15) is 6.92 Å². The monoisotopic (exact) mass is 185 g/mol. The van der Waals surface area contributed by atoms with Crippen LogP contribution < -0.4 is 5.73 Å². The average molecular weight is 185 g/mol. The standard InChI is InChI=1S/C9H12FNS/c1-7(6-11)12-9-4-2-3-8(10)5-9/h2-5,7H,6,11H2,1H3. The fraction of sp³-hybridized carbons (Fsp3) is 0.333. The Morgan fingerprint density at radius 2 is 2.33 bits per heavy atom. The smallest absolute Gasteiger partial charge is 0.124 e. The molecular formula is C9H12FNS. The lowest BCUT2D eigenvalue weighted by molar-refractivity contribution is 0.624. The Kier molecular flexibility index (Phi) is 3.56. The molecule has 0 fully saturated rings. The van der Waals surface area contributed by atoms with E-state index >= 15 is 0 Å². The zero-order chi connectivity index (χ0) is 8.97. The predicted octanol–water partition coefficient (Wildman–Crippen LogP) is 2.27. The molecule has 1 nitrogen and oxygen atoms in total. The maximum Gasteiger partial charge on any atom is 0.124 e. The van der Waals surface area contributed by atoms with Crippen LogP contribution in [0.3, 0.4) is 0 Å². The molecule has 0 aliphatic carbocycles. The van der Waals surface area contributed by atoms with Crippen molar-refractivity contribution in [1.82, 2.24) is 0 Å². The molecule has 0 aliphatic heterocycles. The van der Waals surface area contributed by atoms with Crippen molar-refractivity contribution < 1.29 is 4.39 Å². The summed E-state index contributed by atoms with van der Waals surface area (Å²) in [5.74, 6) is -0.191. The van der Waals surface area contributed by atoms with Gasteiger partial charge in [-0.2, -0.15) is 0 Å². The van der Waals surface area contributed by atoms with Crippen LogP contribution in [0.2, 0.25) is 0 Å². The highest BCUT2D eigenvalue weighted by Crippen LogP contribution is 2.22. The highest BCUT2D eigenvalue weighted by molar-refractivity contribution is 8.00. The van der Waals surface area contributed by atoms with E-state index in [4.69, 9.17) is 5.73 Å². The molecule has 0 amide bonds. The molecule has 1 aromatic rings. The molecule has 0 saturated carbocycles. The van der Waals surface area contributed by atoms with E-state index in [1.165, 1.54) is 12.1 Å². The number of hydrogen-bond donors (Lipinski definition) is 1. The lowest BCUT2D eigenvalue weighted by atomic mass is 10.3. The minimum atomic E-state index is -0.191. The van der Waals surface area contributed by atoms with Gasteiger partial charge >= 0.3 is 0 Å². The van der Waals surface area contributed by atoms with Gasteiger partial charge in [-0.15, -0.1) is 11.8 Å². The van der Waals surface area contributed by atoms with Gasteiger partial charge in [-0.1, -0.05) is 13.0 Å². The van der Waals surface area contributed by atoms with E-state index < -0.39 is 0 Å². The minimum Gasteiger partial charge on any atom is -0.329 e. The molecule has 0 radical (unpaired) electrons. The van der Waals surface area contributed by atoms with E-state index in [0.29, 0.717) is 11.8 Å². The molecule has 0 saturated heterocycles. The Balaban J connectivity index is 2.63. The van der Waals surface area contributed by atoms with Crippen molar-refractivity contribution in [3.05, 3.63) is 30.1 Å². The highest BCUT2D eigenvalue weighted by Gasteiger charge is 2.01. The number of halogens is 1. The summed E-state index contributed by atoms with van der Waals surface area (Å²) in [5, 5.41) is 0.340. The van der Waals surface area contributed by atoms with Crippen LogP contribution in [-0.4, -0.2) is 11.8 Å². The van der Waals surface area contributed by atoms with Crippen molar-refractivity contribution >= 4 is 11.8 Å². The summed E-state index contributed by atoms with van der Waals surface area (Å²) >= 11 is 1.59. The molecule has 1 unspecified atom stereocenters. The first kappa shape index (κ1) is 9.55. The third-order valence-corrected chi connectivity index (χ3v) is 2.59. The SMILES string of the molecule is CC(CN)Sc1cccc(F)c1. The van der Waals surface area contributed by atoms with E-state index in [9.17, 15) is 4.39 Å². The van der Waals surface area contributed by atoms with Crippen LogP contribution in [0.4, 0.5) is 4.39 Å². The van der Waals surface area contributed by atoms with Gasteiger partial charge in [0.15, 0.2) is 0 Å². The molecule has 12 heavy (non-hydrogen) atoms. The number of thioether (sulfide) groups is 1. The van der Waals surface area contributed by atoms with Crippen LogP contribution in [0.5, 0.6) is 0 Å². The molecular weight excluding hydrogens is 173 g/mol. The van der Waals surface area contributed by atoms with Crippen LogP contribution in [-0.2, 0) is 0 Å². The molecule has 1 rings (SSSR count). The molecule has 1 aromatic carbocycles. The van der Waals surface area contributed by atoms with E-state index in [-0.39, 0.29) is 5.82 Å². The second-order valence-electron chi connectivity index (χ2n) is 2.62. The van der Waals surface area contributed by atoms with Crippen molar-refractivity contribution in [3.63, 3.8) is 0 Å². The zero-order valence-corrected chi connectivity index (χ0v) is 7.77. The van der Waals surface area contributed by atoms with E-state index in [1.807, 2.05) is 13.0 Å². The number of benzene rings is 1. The molecule has 3 heteroatoms. The van der Waals surface area contributed by atoms with E-state index in [1.54, 1.807) is 17.8 Å². The molecule has 2 N–H and O–H groups in total. The summed E-state index contributed by atoms with van der Waals surface area (Å²) in [7, 11) is 0. The van der Waals surface area contributed by atoms with Crippen LogP contribution in [0.25, 0.3) is 0 Å². The number of hydrogen-bond acceptors (Lipinski definition) is 2. The molecule has 0 aromatic heterocycles. The van der Waals surface area contributed by atoms with Gasteiger partial charge in [0.2, 0.25) is 0 Å². The first-order valence-corrected chi connectivity index (χ1v) is 4.72. The largest absolute Gasteiger partial charge is 0.329 e. The van der Waals surface area contributed by atoms with Crippen molar-refractivity contribution in [2.45, 2.75) is 17.1 Å². The van der Waals surface area contributed by atoms with E-state index in [2.05, 4.69) is 0 Å². The third-order valence-electron chi connectivity index (χ3n) is 1.47. The van der Waals surface area contributed by atoms with Crippen LogP contribution >= 0.6 is 11.8 Å². The lowest BCUT2D eigenvalue weighted by Gasteiger charge is -2.07. The molecule has 0 heterocycles. The Bertz CT molecular complexity index is 252. The molecule has 1 atom stereocenters. The highest BCUT2D eigenvalue weighted by atomic mass is 32.2. The predicted molar refractivity (Wildman–Crippen MR) is 50.8 cm³/mol. The average Bonchev–Trinajstić information content (AvgIpc) is 2.04. The van der Waals surface area contributed by atoms with Crippen molar-refractivity contribution in [2.24, 2.45) is 5.73 Å². The fourth-order valence-corrected chi connectivity index (χ4v) is 1.72. The fourth-order valence-electron chi connectivity index (χ4n) is 0.821. The second kappa shape index (κ2) is 4.48. The van der Waals surface area contributed by atoms with Crippen molar-refractivity contribution in [3.8, 4) is 0 Å². The van der Waals surface area contributed by atoms with Gasteiger partial charge in [0, 0.05) is 16.7 Å². The van der Waals surface area contributed by atoms with Crippen LogP contribution in [0, 0.1) is 5.82 Å². The van der Waals surface area contributed by atoms with Gasteiger partial charge < -0.3 is 5.73 Å². The quantitative estimate of drug-likeness (QED) is 0.731. The van der Waals surface area contributed by atoms with Gasteiger partial charge in [0.1, 0.15) is 5.82 Å². The maximum absolute atomic E-state index is 12.7. The Hall–Kier alpha value is -0.540. The van der Waals surface area contributed by atoms with Gasteiger partial charge in [0.25, 0.3) is 0 Å². The van der Waals surface area contributed by atoms with Crippen molar-refractivity contribution in [2.75, 3.05) is 6.54 Å². The van der Waals surface area contributed by atoms with E-state index in [0.717, 1.165) is 4.90 Å². The second-order valence-corrected chi connectivity index (χ2v) is 4.13. The summed E-state index contributed by atoms with van der Waals surface area (Å²) in [6, 6.07) is 6.56. The summed E-state index contributed by atoms with van der Waals surface area (Å²) < 4.78 is 12.7. The molecule has 0 bridgehead atoms. The van der Waals surface area contributed by atoms with Gasteiger partial charge in [-0.05, 0) is 18.2 Å². The Labute approximate surface area is 76.2 Å². The summed E-state index contributed by atoms with van der Waals surface area (Å²) in [6.07, 6.45) is 0. The Morgan fingerprint density at radius 1 is 1.58 bits per heavy atom. The van der Waals surface area contributed by atoms with Gasteiger partial charge in [-0.25, -0.2) is 4.39 Å². The van der Waals surface area contributed by atoms with Gasteiger partial charge in [0.05, 0.1) is 0 Å². The number of rotatable bonds is 3. The third kappa shape index (κ3) is 2.83. The summed E-state index contributed by atoms with van der Waals surface area (Å²) in [4.78, 5) is 0.938. The normalized spacial score (nSPS) is 12.9. The van der Waals surface area contributed by atoms with Gasteiger partial charge in [-0.3, -0.25) is 0 Å². The summed E-state index contributed by atoms with van der Waals surface area (Å²) in [5.41, 5.74) is 5.44. The first-order valence-electron chi connectivity index (χ1n) is 3.84. The minimum absolute atomic E-state index is 0.191. The first-order chi connectivity index (χ1) is 5.72. The lowest BCUT2D eigenvalue weighted by Crippen LogP contribution is -2.12. The summed E-state index contributed by atoms with van der Waals surface area (Å²) in [6.45, 7) is 2.64. The molecule has 0 spiro atoms. The van der Waals surface area contributed by atoms with Crippen LogP contribution in [0.15, 0.2) is 29.2 Å². The maximum atomic E-state index is 12.7. The topological polar surface area (TPSA) is 26.0 Å². The Morgan fingerprint density at radius 3 is 2.92 bits per heavy atom. The molecule has 66 valence electrons. The molecule has 0 aliphatic rings. The van der Waals surface area contributed by atoms with Crippen molar-refractivity contribution in [1.29, 1.82) is 0 Å².